The first kappa shape index (κ1) is 25.9. The summed E-state index contributed by atoms with van der Waals surface area (Å²) in [5, 5.41) is 12.7. The van der Waals surface area contributed by atoms with E-state index in [4.69, 9.17) is 20.8 Å². The zero-order chi connectivity index (χ0) is 26.9. The molecule has 8 heteroatoms. The quantitative estimate of drug-likeness (QED) is 0.219. The van der Waals surface area contributed by atoms with Crippen LogP contribution < -0.4 is 10.1 Å². The van der Waals surface area contributed by atoms with Crippen molar-refractivity contribution in [2.24, 2.45) is 5.41 Å². The van der Waals surface area contributed by atoms with Crippen molar-refractivity contribution in [2.75, 3.05) is 14.2 Å². The number of halogens is 1. The summed E-state index contributed by atoms with van der Waals surface area (Å²) in [5.41, 5.74) is 3.01. The minimum absolute atomic E-state index is 0.0246. The van der Waals surface area contributed by atoms with Crippen molar-refractivity contribution in [1.29, 1.82) is 5.26 Å². The van der Waals surface area contributed by atoms with E-state index in [1.807, 2.05) is 31.2 Å². The van der Waals surface area contributed by atoms with E-state index in [2.05, 4.69) is 16.4 Å². The van der Waals surface area contributed by atoms with Gasteiger partial charge >= 0.3 is 0 Å². The van der Waals surface area contributed by atoms with Crippen molar-refractivity contribution in [3.05, 3.63) is 70.4 Å². The van der Waals surface area contributed by atoms with E-state index >= 15 is 0 Å². The lowest BCUT2D eigenvalue weighted by Crippen LogP contribution is -2.18. The van der Waals surface area contributed by atoms with Crippen LogP contribution in [-0.4, -0.2) is 30.8 Å². The second-order valence-electron chi connectivity index (χ2n) is 9.44. The van der Waals surface area contributed by atoms with E-state index < -0.39 is 5.41 Å². The Labute approximate surface area is 220 Å². The fraction of sp³-hybridized carbons (Fsp3) is 0.241. The standard InChI is InChI=1S/C29H26ClN3O4/c1-16-6-8-17(9-7-16)25-24(27(35)32-4)21-13-19(26(30)33-28(21)37-25)18-10-11-23(36-5)20(12-18)22(34)14-29(2,3)15-31/h6-13H,14H2,1-5H3,(H,32,35). The van der Waals surface area contributed by atoms with Crippen LogP contribution in [-0.2, 0) is 0 Å². The summed E-state index contributed by atoms with van der Waals surface area (Å²) in [6.45, 7) is 5.40. The lowest BCUT2D eigenvalue weighted by Gasteiger charge is -2.16. The molecule has 0 aliphatic carbocycles. The number of methoxy groups -OCH3 is 1. The van der Waals surface area contributed by atoms with Gasteiger partial charge in [0.2, 0.25) is 5.71 Å². The first-order valence-corrected chi connectivity index (χ1v) is 12.0. The Morgan fingerprint density at radius 3 is 2.43 bits per heavy atom. The highest BCUT2D eigenvalue weighted by molar-refractivity contribution is 6.33. The molecule has 0 unspecified atom stereocenters. The zero-order valence-electron chi connectivity index (χ0n) is 21.2. The third kappa shape index (κ3) is 5.07. The number of aryl methyl sites for hydroxylation is 1. The van der Waals surface area contributed by atoms with Gasteiger partial charge in [-0.05, 0) is 44.5 Å². The summed E-state index contributed by atoms with van der Waals surface area (Å²) in [4.78, 5) is 30.5. The molecule has 37 heavy (non-hydrogen) atoms. The molecule has 0 spiro atoms. The smallest absolute Gasteiger partial charge is 0.255 e. The van der Waals surface area contributed by atoms with Crippen LogP contribution in [0.4, 0.5) is 0 Å². The van der Waals surface area contributed by atoms with Gasteiger partial charge in [0.25, 0.3) is 5.91 Å². The number of pyridine rings is 1. The topological polar surface area (TPSA) is 105 Å². The summed E-state index contributed by atoms with van der Waals surface area (Å²) in [5.74, 6) is 0.225. The minimum atomic E-state index is -0.832. The molecule has 0 saturated carbocycles. The van der Waals surface area contributed by atoms with Crippen molar-refractivity contribution in [2.45, 2.75) is 27.2 Å². The average molecular weight is 516 g/mol. The number of furan rings is 1. The Morgan fingerprint density at radius 1 is 1.14 bits per heavy atom. The molecule has 0 aliphatic heterocycles. The number of nitriles is 1. The van der Waals surface area contributed by atoms with Gasteiger partial charge in [-0.15, -0.1) is 0 Å². The summed E-state index contributed by atoms with van der Waals surface area (Å²) >= 11 is 6.58. The molecule has 0 saturated heterocycles. The predicted molar refractivity (Wildman–Crippen MR) is 143 cm³/mol. The SMILES string of the molecule is CNC(=O)c1c(-c2ccc(C)cc2)oc2nc(Cl)c(-c3ccc(OC)c(C(=O)CC(C)(C)C#N)c3)cc12. The number of nitrogens with zero attached hydrogens (tertiary/aromatic N) is 2. The number of hydrogen-bond donors (Lipinski definition) is 1. The molecule has 0 radical (unpaired) electrons. The van der Waals surface area contributed by atoms with Crippen molar-refractivity contribution in [3.8, 4) is 34.3 Å². The third-order valence-electron chi connectivity index (χ3n) is 6.12. The monoisotopic (exact) mass is 515 g/mol. The van der Waals surface area contributed by atoms with E-state index in [9.17, 15) is 14.9 Å². The van der Waals surface area contributed by atoms with Crippen molar-refractivity contribution >= 4 is 34.4 Å². The van der Waals surface area contributed by atoms with Gasteiger partial charge in [0.05, 0.1) is 35.1 Å². The number of hydrogen-bond acceptors (Lipinski definition) is 6. The molecule has 0 atom stereocenters. The van der Waals surface area contributed by atoms with Crippen molar-refractivity contribution < 1.29 is 18.7 Å². The lowest BCUT2D eigenvalue weighted by atomic mass is 9.86. The average Bonchev–Trinajstić information content (AvgIpc) is 3.25. The number of Topliss-reactive ketones (excluding diaryl/α,β-unsaturated/α-hetero) is 1. The molecule has 1 amide bonds. The molecule has 0 fully saturated rings. The fourth-order valence-corrected chi connectivity index (χ4v) is 4.33. The van der Waals surface area contributed by atoms with Crippen LogP contribution in [0.2, 0.25) is 5.15 Å². The first-order valence-electron chi connectivity index (χ1n) is 11.6. The number of carbonyl (C=O) groups is 2. The molecule has 4 rings (SSSR count). The molecule has 7 nitrogen and oxygen atoms in total. The number of amides is 1. The van der Waals surface area contributed by atoms with Gasteiger partial charge in [0, 0.05) is 24.6 Å². The predicted octanol–water partition coefficient (Wildman–Crippen LogP) is 6.61. The molecule has 4 aromatic rings. The molecule has 2 aromatic heterocycles. The minimum Gasteiger partial charge on any atom is -0.496 e. The van der Waals surface area contributed by atoms with E-state index in [1.54, 1.807) is 45.2 Å². The fourth-order valence-electron chi connectivity index (χ4n) is 4.09. The Hall–Kier alpha value is -4.15. The summed E-state index contributed by atoms with van der Waals surface area (Å²) in [6.07, 6.45) is 0.0246. The Kier molecular flexibility index (Phi) is 7.06. The van der Waals surface area contributed by atoms with Crippen LogP contribution in [0.3, 0.4) is 0 Å². The number of ketones is 1. The highest BCUT2D eigenvalue weighted by Crippen LogP contribution is 2.39. The molecular formula is C29H26ClN3O4. The van der Waals surface area contributed by atoms with Crippen LogP contribution in [0.1, 0.15) is 46.5 Å². The van der Waals surface area contributed by atoms with Crippen molar-refractivity contribution in [1.82, 2.24) is 10.3 Å². The van der Waals surface area contributed by atoms with Crippen LogP contribution in [0.25, 0.3) is 33.6 Å². The number of rotatable bonds is 7. The zero-order valence-corrected chi connectivity index (χ0v) is 22.0. The number of benzene rings is 2. The molecular weight excluding hydrogens is 490 g/mol. The van der Waals surface area contributed by atoms with Gasteiger partial charge in [-0.2, -0.15) is 5.26 Å². The highest BCUT2D eigenvalue weighted by Gasteiger charge is 2.26. The van der Waals surface area contributed by atoms with Gasteiger partial charge in [-0.3, -0.25) is 9.59 Å². The van der Waals surface area contributed by atoms with Crippen LogP contribution in [0.5, 0.6) is 5.75 Å². The van der Waals surface area contributed by atoms with Crippen LogP contribution in [0.15, 0.2) is 52.9 Å². The van der Waals surface area contributed by atoms with E-state index in [-0.39, 0.29) is 29.0 Å². The van der Waals surface area contributed by atoms with Crippen molar-refractivity contribution in [3.63, 3.8) is 0 Å². The van der Waals surface area contributed by atoms with Gasteiger partial charge < -0.3 is 14.5 Å². The number of carbonyl (C=O) groups excluding carboxylic acids is 2. The third-order valence-corrected chi connectivity index (χ3v) is 6.41. The maximum Gasteiger partial charge on any atom is 0.255 e. The first-order chi connectivity index (χ1) is 17.6. The maximum atomic E-state index is 13.1. The number of aromatic nitrogens is 1. The van der Waals surface area contributed by atoms with Gasteiger partial charge in [0.1, 0.15) is 16.7 Å². The normalized spacial score (nSPS) is 11.3. The largest absolute Gasteiger partial charge is 0.496 e. The lowest BCUT2D eigenvalue weighted by molar-refractivity contribution is 0.0945. The molecule has 0 bridgehead atoms. The van der Waals surface area contributed by atoms with E-state index in [0.717, 1.165) is 11.1 Å². The number of ether oxygens (including phenoxy) is 1. The molecule has 2 heterocycles. The number of nitrogens with one attached hydrogen (secondary N) is 1. The van der Waals surface area contributed by atoms with Gasteiger partial charge in [-0.1, -0.05) is 47.5 Å². The van der Waals surface area contributed by atoms with Crippen LogP contribution >= 0.6 is 11.6 Å². The summed E-state index contributed by atoms with van der Waals surface area (Å²) < 4.78 is 11.4. The Morgan fingerprint density at radius 2 is 1.81 bits per heavy atom. The second-order valence-corrected chi connectivity index (χ2v) is 9.80. The van der Waals surface area contributed by atoms with E-state index in [1.165, 1.54) is 7.11 Å². The second kappa shape index (κ2) is 10.1. The summed E-state index contributed by atoms with van der Waals surface area (Å²) in [7, 11) is 3.03. The molecule has 188 valence electrons. The maximum absolute atomic E-state index is 13.1. The Balaban J connectivity index is 1.90. The number of fused-ring (bicyclic) bond motifs is 1. The van der Waals surface area contributed by atoms with E-state index in [0.29, 0.717) is 39.1 Å². The summed E-state index contributed by atoms with van der Waals surface area (Å²) in [6, 6.07) is 16.6. The molecule has 0 aliphatic rings. The Bertz CT molecular complexity index is 1560. The molecule has 1 N–H and O–H groups in total. The van der Waals surface area contributed by atoms with Crippen LogP contribution in [0, 0.1) is 23.7 Å². The van der Waals surface area contributed by atoms with Gasteiger partial charge in [-0.25, -0.2) is 4.98 Å². The van der Waals surface area contributed by atoms with Gasteiger partial charge in [0.15, 0.2) is 5.78 Å². The highest BCUT2D eigenvalue weighted by atomic mass is 35.5. The molecule has 2 aromatic carbocycles.